The van der Waals surface area contributed by atoms with Crippen molar-refractivity contribution >= 4 is 27.5 Å². The Morgan fingerprint density at radius 2 is 2.29 bits per heavy atom. The van der Waals surface area contributed by atoms with Gasteiger partial charge in [0.1, 0.15) is 5.82 Å². The average Bonchev–Trinajstić information content (AvgIpc) is 2.48. The molecule has 0 bridgehead atoms. The molecule has 2 rings (SSSR count). The lowest BCUT2D eigenvalue weighted by Gasteiger charge is -2.16. The second-order valence-electron chi connectivity index (χ2n) is 4.17. The molecule has 1 atom stereocenters. The summed E-state index contributed by atoms with van der Waals surface area (Å²) < 4.78 is 13.8. The van der Waals surface area contributed by atoms with Gasteiger partial charge in [0, 0.05) is 24.7 Å². The van der Waals surface area contributed by atoms with Crippen LogP contribution in [0.25, 0.3) is 0 Å². The van der Waals surface area contributed by atoms with Crippen molar-refractivity contribution < 1.29 is 9.18 Å². The van der Waals surface area contributed by atoms with Crippen LogP contribution in [-0.4, -0.2) is 18.5 Å². The monoisotopic (exact) mass is 300 g/mol. The Hall–Kier alpha value is -1.10. The Morgan fingerprint density at radius 3 is 3.06 bits per heavy atom. The molecule has 17 heavy (non-hydrogen) atoms. The van der Waals surface area contributed by atoms with Crippen LogP contribution in [0.5, 0.6) is 0 Å². The standard InChI is InChI=1S/C12H14BrFN2O/c13-10-4-3-9(6-11(10)14)16-8-2-1-5-15-12(17)7-8/h3-4,6,8,16H,1-2,5,7H2,(H,15,17). The maximum absolute atomic E-state index is 13.3. The fraction of sp³-hybridized carbons (Fsp3) is 0.417. The minimum absolute atomic E-state index is 0.0533. The molecule has 0 spiro atoms. The smallest absolute Gasteiger partial charge is 0.222 e. The second-order valence-corrected chi connectivity index (χ2v) is 5.02. The molecule has 1 amide bonds. The van der Waals surface area contributed by atoms with Crippen LogP contribution in [0.15, 0.2) is 22.7 Å². The predicted molar refractivity (Wildman–Crippen MR) is 68.4 cm³/mol. The van der Waals surface area contributed by atoms with Gasteiger partial charge in [-0.2, -0.15) is 0 Å². The van der Waals surface area contributed by atoms with E-state index in [1.54, 1.807) is 12.1 Å². The molecule has 0 radical (unpaired) electrons. The molecule has 1 unspecified atom stereocenters. The molecular weight excluding hydrogens is 287 g/mol. The molecule has 0 aromatic heterocycles. The number of benzene rings is 1. The SMILES string of the molecule is O=C1CC(Nc2ccc(Br)c(F)c2)CCCN1. The van der Waals surface area contributed by atoms with Crippen LogP contribution in [0.2, 0.25) is 0 Å². The minimum Gasteiger partial charge on any atom is -0.382 e. The van der Waals surface area contributed by atoms with E-state index in [0.717, 1.165) is 19.4 Å². The average molecular weight is 301 g/mol. The van der Waals surface area contributed by atoms with E-state index in [2.05, 4.69) is 26.6 Å². The van der Waals surface area contributed by atoms with Crippen LogP contribution in [0.1, 0.15) is 19.3 Å². The van der Waals surface area contributed by atoms with Crippen molar-refractivity contribution in [3.05, 3.63) is 28.5 Å². The van der Waals surface area contributed by atoms with Crippen LogP contribution in [0.3, 0.4) is 0 Å². The molecular formula is C12H14BrFN2O. The summed E-state index contributed by atoms with van der Waals surface area (Å²) in [7, 11) is 0. The molecule has 92 valence electrons. The van der Waals surface area contributed by atoms with Crippen molar-refractivity contribution in [3.8, 4) is 0 Å². The van der Waals surface area contributed by atoms with E-state index in [9.17, 15) is 9.18 Å². The molecule has 1 aromatic carbocycles. The number of rotatable bonds is 2. The third kappa shape index (κ3) is 3.43. The van der Waals surface area contributed by atoms with Gasteiger partial charge in [-0.05, 0) is 47.0 Å². The van der Waals surface area contributed by atoms with Gasteiger partial charge in [-0.1, -0.05) is 0 Å². The molecule has 5 heteroatoms. The highest BCUT2D eigenvalue weighted by Crippen LogP contribution is 2.21. The number of hydrogen-bond acceptors (Lipinski definition) is 2. The van der Waals surface area contributed by atoms with Gasteiger partial charge in [0.05, 0.1) is 4.47 Å². The van der Waals surface area contributed by atoms with Crippen LogP contribution in [0, 0.1) is 5.82 Å². The Balaban J connectivity index is 2.03. The third-order valence-electron chi connectivity index (χ3n) is 2.77. The number of halogens is 2. The van der Waals surface area contributed by atoms with Gasteiger partial charge in [-0.15, -0.1) is 0 Å². The van der Waals surface area contributed by atoms with Gasteiger partial charge < -0.3 is 10.6 Å². The van der Waals surface area contributed by atoms with Crippen molar-refractivity contribution in [1.29, 1.82) is 0 Å². The molecule has 0 saturated carbocycles. The minimum atomic E-state index is -0.298. The number of carbonyl (C=O) groups excluding carboxylic acids is 1. The summed E-state index contributed by atoms with van der Waals surface area (Å²) in [6.45, 7) is 0.728. The topological polar surface area (TPSA) is 41.1 Å². The Bertz CT molecular complexity index is 425. The Kier molecular flexibility index (Phi) is 3.99. The second kappa shape index (κ2) is 5.49. The maximum Gasteiger partial charge on any atom is 0.222 e. The molecule has 1 heterocycles. The van der Waals surface area contributed by atoms with Crippen LogP contribution in [-0.2, 0) is 4.79 Å². The molecule has 1 aromatic rings. The number of anilines is 1. The fourth-order valence-electron chi connectivity index (χ4n) is 1.92. The largest absolute Gasteiger partial charge is 0.382 e. The van der Waals surface area contributed by atoms with Gasteiger partial charge in [-0.25, -0.2) is 4.39 Å². The predicted octanol–water partition coefficient (Wildman–Crippen LogP) is 2.67. The highest BCUT2D eigenvalue weighted by molar-refractivity contribution is 9.10. The van der Waals surface area contributed by atoms with E-state index in [1.165, 1.54) is 6.07 Å². The van der Waals surface area contributed by atoms with E-state index < -0.39 is 0 Å². The van der Waals surface area contributed by atoms with Gasteiger partial charge in [0.15, 0.2) is 0 Å². The lowest BCUT2D eigenvalue weighted by molar-refractivity contribution is -0.120. The summed E-state index contributed by atoms with van der Waals surface area (Å²) in [5, 5.41) is 6.02. The lowest BCUT2D eigenvalue weighted by Crippen LogP contribution is -2.26. The summed E-state index contributed by atoms with van der Waals surface area (Å²) in [5.74, 6) is -0.245. The van der Waals surface area contributed by atoms with Gasteiger partial charge in [-0.3, -0.25) is 4.79 Å². The van der Waals surface area contributed by atoms with Crippen molar-refractivity contribution in [2.24, 2.45) is 0 Å². The first kappa shape index (κ1) is 12.4. The highest BCUT2D eigenvalue weighted by Gasteiger charge is 2.17. The zero-order valence-corrected chi connectivity index (χ0v) is 10.9. The van der Waals surface area contributed by atoms with Gasteiger partial charge >= 0.3 is 0 Å². The molecule has 2 N–H and O–H groups in total. The first-order valence-corrected chi connectivity index (χ1v) is 6.43. The van der Waals surface area contributed by atoms with Crippen molar-refractivity contribution in [2.75, 3.05) is 11.9 Å². The highest BCUT2D eigenvalue weighted by atomic mass is 79.9. The molecule has 1 aliphatic rings. The molecule has 1 fully saturated rings. The summed E-state index contributed by atoms with van der Waals surface area (Å²) >= 11 is 3.11. The van der Waals surface area contributed by atoms with E-state index in [1.807, 2.05) is 0 Å². The zero-order chi connectivity index (χ0) is 12.3. The first-order valence-electron chi connectivity index (χ1n) is 5.63. The van der Waals surface area contributed by atoms with E-state index >= 15 is 0 Å². The zero-order valence-electron chi connectivity index (χ0n) is 9.30. The van der Waals surface area contributed by atoms with Crippen molar-refractivity contribution in [3.63, 3.8) is 0 Å². The number of amides is 1. The number of hydrogen-bond donors (Lipinski definition) is 2. The molecule has 1 saturated heterocycles. The van der Waals surface area contributed by atoms with Crippen LogP contribution < -0.4 is 10.6 Å². The van der Waals surface area contributed by atoms with Crippen molar-refractivity contribution in [1.82, 2.24) is 5.32 Å². The number of nitrogens with one attached hydrogen (secondary N) is 2. The summed E-state index contributed by atoms with van der Waals surface area (Å²) in [6, 6.07) is 4.98. The van der Waals surface area contributed by atoms with E-state index in [0.29, 0.717) is 16.6 Å². The lowest BCUT2D eigenvalue weighted by atomic mass is 10.1. The fourth-order valence-corrected chi connectivity index (χ4v) is 2.17. The number of carbonyl (C=O) groups is 1. The Morgan fingerprint density at radius 1 is 1.47 bits per heavy atom. The molecule has 1 aliphatic heterocycles. The van der Waals surface area contributed by atoms with Crippen LogP contribution in [0.4, 0.5) is 10.1 Å². The maximum atomic E-state index is 13.3. The summed E-state index contributed by atoms with van der Waals surface area (Å²) in [5.41, 5.74) is 0.713. The molecule has 0 aliphatic carbocycles. The van der Waals surface area contributed by atoms with E-state index in [-0.39, 0.29) is 17.8 Å². The van der Waals surface area contributed by atoms with Crippen molar-refractivity contribution in [2.45, 2.75) is 25.3 Å². The van der Waals surface area contributed by atoms with Gasteiger partial charge in [0.2, 0.25) is 5.91 Å². The van der Waals surface area contributed by atoms with Gasteiger partial charge in [0.25, 0.3) is 0 Å². The van der Waals surface area contributed by atoms with Crippen LogP contribution >= 0.6 is 15.9 Å². The van der Waals surface area contributed by atoms with E-state index in [4.69, 9.17) is 0 Å². The summed E-state index contributed by atoms with van der Waals surface area (Å²) in [6.07, 6.45) is 2.30. The quantitative estimate of drug-likeness (QED) is 0.882. The molecule has 3 nitrogen and oxygen atoms in total. The first-order chi connectivity index (χ1) is 8.15. The summed E-state index contributed by atoms with van der Waals surface area (Å²) in [4.78, 5) is 11.4. The Labute approximate surface area is 108 Å². The normalized spacial score (nSPS) is 20.6. The third-order valence-corrected chi connectivity index (χ3v) is 3.42.